The predicted molar refractivity (Wildman–Crippen MR) is 135 cm³/mol. The van der Waals surface area contributed by atoms with Crippen molar-refractivity contribution < 1.29 is 14.5 Å². The Hall–Kier alpha value is -3.64. The van der Waals surface area contributed by atoms with E-state index in [1.807, 2.05) is 0 Å². The molecule has 0 unspecified atom stereocenters. The Morgan fingerprint density at radius 1 is 1.19 bits per heavy atom. The van der Waals surface area contributed by atoms with Gasteiger partial charge in [0.25, 0.3) is 11.9 Å². The van der Waals surface area contributed by atoms with Gasteiger partial charge in [0.1, 0.15) is 6.61 Å². The lowest BCUT2D eigenvalue weighted by molar-refractivity contribution is -0.534. The largest absolute Gasteiger partial charge is 0.486 e. The van der Waals surface area contributed by atoms with Crippen LogP contribution in [0.3, 0.4) is 0 Å². The zero-order valence-corrected chi connectivity index (χ0v) is 20.6. The van der Waals surface area contributed by atoms with E-state index in [4.69, 9.17) is 27.9 Å². The molecule has 10 heteroatoms. The smallest absolute Gasteiger partial charge is 0.256 e. The lowest BCUT2D eigenvalue weighted by Gasteiger charge is -2.30. The molecule has 1 N–H and O–H groups in total. The van der Waals surface area contributed by atoms with Gasteiger partial charge in [-0.3, -0.25) is 19.8 Å². The monoisotopic (exact) mass is 522 g/mol. The highest BCUT2D eigenvalue weighted by molar-refractivity contribution is 6.37. The number of hydrogen-bond donors (Lipinski definition) is 1. The Balaban J connectivity index is 1.50. The van der Waals surface area contributed by atoms with E-state index < -0.39 is 23.4 Å². The lowest BCUT2D eigenvalue weighted by Crippen LogP contribution is -2.54. The number of amides is 1. The van der Waals surface area contributed by atoms with Crippen LogP contribution in [0.4, 0.5) is 5.69 Å². The minimum atomic E-state index is -1.46. The number of benzene rings is 3. The zero-order valence-electron chi connectivity index (χ0n) is 19.1. The van der Waals surface area contributed by atoms with Crippen LogP contribution in [0.1, 0.15) is 28.2 Å². The SMILES string of the molecule is CN1C[C@H](c2cc(Cl)c(OCc3ccccc3C#N)c(Cl)c2)[C@@H]([N+](=O)[O-])[C@]12C(=O)Nc1ccccc12. The number of rotatable bonds is 5. The molecule has 1 fully saturated rings. The third kappa shape index (κ3) is 3.59. The van der Waals surface area contributed by atoms with Gasteiger partial charge in [0.05, 0.1) is 27.6 Å². The van der Waals surface area contributed by atoms with Crippen LogP contribution < -0.4 is 10.1 Å². The molecular weight excluding hydrogens is 503 g/mol. The number of fused-ring (bicyclic) bond motifs is 2. The molecule has 36 heavy (non-hydrogen) atoms. The molecule has 1 amide bonds. The highest BCUT2D eigenvalue weighted by Crippen LogP contribution is 2.52. The van der Waals surface area contributed by atoms with Crippen molar-refractivity contribution in [3.8, 4) is 11.8 Å². The molecule has 0 aliphatic carbocycles. The van der Waals surface area contributed by atoms with Crippen LogP contribution >= 0.6 is 23.2 Å². The van der Waals surface area contributed by atoms with E-state index in [-0.39, 0.29) is 33.9 Å². The van der Waals surface area contributed by atoms with Gasteiger partial charge in [0, 0.05) is 28.3 Å². The molecule has 1 saturated heterocycles. The molecule has 3 atom stereocenters. The van der Waals surface area contributed by atoms with E-state index in [0.717, 1.165) is 0 Å². The molecule has 182 valence electrons. The minimum absolute atomic E-state index is 0.0757. The number of likely N-dealkylation sites (tertiary alicyclic amines) is 1. The van der Waals surface area contributed by atoms with Crippen molar-refractivity contribution >= 4 is 34.8 Å². The normalized spacial score (nSPS) is 22.8. The first-order chi connectivity index (χ1) is 17.3. The molecule has 2 aliphatic rings. The number of ether oxygens (including phenoxy) is 1. The number of likely N-dealkylation sites (N-methyl/N-ethyl adjacent to an activating group) is 1. The summed E-state index contributed by atoms with van der Waals surface area (Å²) < 4.78 is 5.84. The molecule has 0 radical (unpaired) electrons. The van der Waals surface area contributed by atoms with Crippen LogP contribution in [-0.2, 0) is 16.9 Å². The summed E-state index contributed by atoms with van der Waals surface area (Å²) in [6.07, 6.45) is 0. The lowest BCUT2D eigenvalue weighted by atomic mass is 9.79. The third-order valence-corrected chi connectivity index (χ3v) is 7.56. The van der Waals surface area contributed by atoms with E-state index in [2.05, 4.69) is 11.4 Å². The standard InChI is InChI=1S/C26H20Cl2N4O4/c1-31-13-18(24(32(34)35)26(31)19-8-4-5-9-22(19)30-25(26)33)17-10-20(27)23(21(28)11-17)36-14-16-7-3-2-6-15(16)12-29/h2-11,18,24H,13-14H2,1H3,(H,30,33)/t18-,24-,26-/m1/s1. The average Bonchev–Trinajstić information content (AvgIpc) is 3.33. The van der Waals surface area contributed by atoms with Gasteiger partial charge in [0.15, 0.2) is 11.3 Å². The molecule has 0 aromatic heterocycles. The van der Waals surface area contributed by atoms with Crippen molar-refractivity contribution in [2.75, 3.05) is 18.9 Å². The summed E-state index contributed by atoms with van der Waals surface area (Å²) in [5.41, 5.74) is 1.38. The minimum Gasteiger partial charge on any atom is -0.486 e. The maximum absolute atomic E-state index is 13.3. The van der Waals surface area contributed by atoms with Crippen LogP contribution in [0.15, 0.2) is 60.7 Å². The zero-order chi connectivity index (χ0) is 25.6. The quantitative estimate of drug-likeness (QED) is 0.374. The highest BCUT2D eigenvalue weighted by Gasteiger charge is 2.68. The van der Waals surface area contributed by atoms with Crippen LogP contribution in [0.25, 0.3) is 0 Å². The molecule has 0 bridgehead atoms. The summed E-state index contributed by atoms with van der Waals surface area (Å²) in [6.45, 7) is 0.322. The van der Waals surface area contributed by atoms with Gasteiger partial charge in [0.2, 0.25) is 0 Å². The molecule has 1 spiro atoms. The molecule has 3 aromatic rings. The Bertz CT molecular complexity index is 1420. The molecule has 5 rings (SSSR count). The second-order valence-corrected chi connectivity index (χ2v) is 9.67. The van der Waals surface area contributed by atoms with Gasteiger partial charge < -0.3 is 10.1 Å². The van der Waals surface area contributed by atoms with Crippen molar-refractivity contribution in [1.82, 2.24) is 4.90 Å². The van der Waals surface area contributed by atoms with Crippen LogP contribution in [0, 0.1) is 21.4 Å². The number of carbonyl (C=O) groups is 1. The molecule has 3 aromatic carbocycles. The van der Waals surface area contributed by atoms with Crippen molar-refractivity contribution in [2.24, 2.45) is 0 Å². The number of nitrogens with one attached hydrogen (secondary N) is 1. The summed E-state index contributed by atoms with van der Waals surface area (Å²) in [4.78, 5) is 27.1. The number of anilines is 1. The third-order valence-electron chi connectivity index (χ3n) is 7.00. The Morgan fingerprint density at radius 2 is 1.86 bits per heavy atom. The first-order valence-corrected chi connectivity index (χ1v) is 11.9. The number of carbonyl (C=O) groups excluding carboxylic acids is 1. The first kappa shape index (κ1) is 24.1. The second-order valence-electron chi connectivity index (χ2n) is 8.85. The van der Waals surface area contributed by atoms with E-state index in [9.17, 15) is 20.2 Å². The molecule has 0 saturated carbocycles. The fourth-order valence-electron chi connectivity index (χ4n) is 5.42. The van der Waals surface area contributed by atoms with Crippen molar-refractivity contribution in [3.05, 3.63) is 103 Å². The van der Waals surface area contributed by atoms with Crippen LogP contribution in [-0.4, -0.2) is 35.4 Å². The number of para-hydroxylation sites is 1. The van der Waals surface area contributed by atoms with Crippen molar-refractivity contribution in [1.29, 1.82) is 5.26 Å². The fourth-order valence-corrected chi connectivity index (χ4v) is 6.03. The Labute approximate surface area is 217 Å². The van der Waals surface area contributed by atoms with Crippen LogP contribution in [0.2, 0.25) is 10.0 Å². The number of halogens is 2. The molecule has 2 aliphatic heterocycles. The summed E-state index contributed by atoms with van der Waals surface area (Å²) in [5, 5.41) is 25.0. The van der Waals surface area contributed by atoms with E-state index in [0.29, 0.717) is 27.9 Å². The van der Waals surface area contributed by atoms with Gasteiger partial charge in [-0.1, -0.05) is 59.6 Å². The second kappa shape index (κ2) is 9.10. The van der Waals surface area contributed by atoms with Gasteiger partial charge in [-0.25, -0.2) is 0 Å². The van der Waals surface area contributed by atoms with Gasteiger partial charge in [-0.05, 0) is 36.9 Å². The summed E-state index contributed by atoms with van der Waals surface area (Å²) in [5.74, 6) is -0.869. The molecule has 2 heterocycles. The maximum Gasteiger partial charge on any atom is 0.256 e. The van der Waals surface area contributed by atoms with Crippen molar-refractivity contribution in [3.63, 3.8) is 0 Å². The summed E-state index contributed by atoms with van der Waals surface area (Å²) in [7, 11) is 1.71. The van der Waals surface area contributed by atoms with Crippen molar-refractivity contribution in [2.45, 2.75) is 24.1 Å². The number of hydrogen-bond acceptors (Lipinski definition) is 6. The topological polar surface area (TPSA) is 108 Å². The Kier molecular flexibility index (Phi) is 6.08. The first-order valence-electron chi connectivity index (χ1n) is 11.1. The highest BCUT2D eigenvalue weighted by atomic mass is 35.5. The van der Waals surface area contributed by atoms with Gasteiger partial charge >= 0.3 is 0 Å². The van der Waals surface area contributed by atoms with E-state index in [1.54, 1.807) is 72.6 Å². The summed E-state index contributed by atoms with van der Waals surface area (Å²) >= 11 is 13.1. The van der Waals surface area contributed by atoms with E-state index in [1.165, 1.54) is 0 Å². The average molecular weight is 523 g/mol. The summed E-state index contributed by atoms with van der Waals surface area (Å²) in [6, 6.07) is 18.1. The maximum atomic E-state index is 13.3. The number of nitrogens with zero attached hydrogens (tertiary/aromatic N) is 3. The number of nitro groups is 1. The Morgan fingerprint density at radius 3 is 2.56 bits per heavy atom. The fraction of sp³-hybridized carbons (Fsp3) is 0.231. The van der Waals surface area contributed by atoms with E-state index >= 15 is 0 Å². The molecular formula is C26H20Cl2N4O4. The van der Waals surface area contributed by atoms with Gasteiger partial charge in [-0.15, -0.1) is 0 Å². The predicted octanol–water partition coefficient (Wildman–Crippen LogP) is 4.97. The van der Waals surface area contributed by atoms with Gasteiger partial charge in [-0.2, -0.15) is 5.26 Å². The van der Waals surface area contributed by atoms with Crippen LogP contribution in [0.5, 0.6) is 5.75 Å². The number of nitriles is 1. The molecule has 8 nitrogen and oxygen atoms in total.